The summed E-state index contributed by atoms with van der Waals surface area (Å²) in [5, 5.41) is 10.4. The van der Waals surface area contributed by atoms with Crippen molar-refractivity contribution in [2.24, 2.45) is 0 Å². The minimum absolute atomic E-state index is 0.628. The average molecular weight is 753 g/mol. The summed E-state index contributed by atoms with van der Waals surface area (Å²) in [5.41, 5.74) is 12.4. The molecule has 0 fully saturated rings. The normalized spacial score (nSPS) is 12.1. The highest BCUT2D eigenvalue weighted by Crippen LogP contribution is 2.43. The van der Waals surface area contributed by atoms with Crippen molar-refractivity contribution in [2.45, 2.75) is 0 Å². The predicted octanol–water partition coefficient (Wildman–Crippen LogP) is 14.2. The summed E-state index contributed by atoms with van der Waals surface area (Å²) < 4.78 is 10.9. The molecular formula is C54H32N4O. The predicted molar refractivity (Wildman–Crippen MR) is 244 cm³/mol. The molecule has 0 N–H and O–H groups in total. The van der Waals surface area contributed by atoms with Crippen LogP contribution >= 0.6 is 0 Å². The van der Waals surface area contributed by atoms with Gasteiger partial charge in [0.1, 0.15) is 11.2 Å². The molecule has 5 heteroatoms. The van der Waals surface area contributed by atoms with Gasteiger partial charge in [-0.05, 0) is 88.6 Å². The summed E-state index contributed by atoms with van der Waals surface area (Å²) in [7, 11) is 0. The highest BCUT2D eigenvalue weighted by molar-refractivity contribution is 6.24. The molecular weight excluding hydrogens is 721 g/mol. The van der Waals surface area contributed by atoms with Crippen LogP contribution in [0, 0.1) is 0 Å². The average Bonchev–Trinajstić information content (AvgIpc) is 3.96. The second-order valence-electron chi connectivity index (χ2n) is 15.3. The van der Waals surface area contributed by atoms with E-state index in [-0.39, 0.29) is 0 Å². The van der Waals surface area contributed by atoms with E-state index in [4.69, 9.17) is 14.4 Å². The van der Waals surface area contributed by atoms with Gasteiger partial charge in [-0.2, -0.15) is 0 Å². The quantitative estimate of drug-likeness (QED) is 0.180. The number of rotatable bonds is 4. The molecule has 0 spiro atoms. The van der Waals surface area contributed by atoms with E-state index in [1.807, 2.05) is 12.1 Å². The maximum Gasteiger partial charge on any atom is 0.235 e. The summed E-state index contributed by atoms with van der Waals surface area (Å²) in [5.74, 6) is 0.628. The Bertz CT molecular complexity index is 3850. The Balaban J connectivity index is 1.10. The van der Waals surface area contributed by atoms with Crippen LogP contribution in [-0.2, 0) is 0 Å². The number of aromatic nitrogens is 4. The van der Waals surface area contributed by atoms with Crippen LogP contribution in [-0.4, -0.2) is 19.1 Å². The van der Waals surface area contributed by atoms with Gasteiger partial charge >= 0.3 is 0 Å². The van der Waals surface area contributed by atoms with E-state index in [0.717, 1.165) is 77.3 Å². The maximum atomic E-state index is 6.22. The molecule has 0 aliphatic carbocycles. The molecule has 274 valence electrons. The fourth-order valence-electron chi connectivity index (χ4n) is 9.54. The molecule has 59 heavy (non-hydrogen) atoms. The molecule has 0 amide bonds. The third-order valence-electron chi connectivity index (χ3n) is 12.1. The van der Waals surface area contributed by atoms with Gasteiger partial charge in [0, 0.05) is 49.0 Å². The molecule has 5 nitrogen and oxygen atoms in total. The Labute approximate surface area is 337 Å². The number of hydrogen-bond acceptors (Lipinski definition) is 3. The SMILES string of the molecule is c1ccc(-n2c3ccccc3c3ccc(-c4cc5c(c6ccccc46)c4ccccc4n5-c4nc(-c5ccc6oc7ccccc7c6c5)c5ccccc5n4)cc32)cc1. The molecule has 13 rings (SSSR count). The molecule has 0 bridgehead atoms. The molecule has 0 atom stereocenters. The van der Waals surface area contributed by atoms with Crippen molar-refractivity contribution in [2.75, 3.05) is 0 Å². The monoisotopic (exact) mass is 752 g/mol. The minimum Gasteiger partial charge on any atom is -0.456 e. The fourth-order valence-corrected chi connectivity index (χ4v) is 9.54. The van der Waals surface area contributed by atoms with Crippen LogP contribution in [0.15, 0.2) is 199 Å². The van der Waals surface area contributed by atoms with E-state index < -0.39 is 0 Å². The van der Waals surface area contributed by atoms with Crippen molar-refractivity contribution in [3.8, 4) is 34.0 Å². The number of para-hydroxylation sites is 5. The van der Waals surface area contributed by atoms with Gasteiger partial charge in [-0.1, -0.05) is 127 Å². The smallest absolute Gasteiger partial charge is 0.235 e. The van der Waals surface area contributed by atoms with Crippen LogP contribution in [0.1, 0.15) is 0 Å². The Morgan fingerprint density at radius 1 is 0.356 bits per heavy atom. The van der Waals surface area contributed by atoms with Crippen molar-refractivity contribution in [3.63, 3.8) is 0 Å². The largest absolute Gasteiger partial charge is 0.456 e. The molecule has 0 unspecified atom stereocenters. The number of nitrogens with zero attached hydrogens (tertiary/aromatic N) is 4. The summed E-state index contributed by atoms with van der Waals surface area (Å²) >= 11 is 0. The van der Waals surface area contributed by atoms with Gasteiger partial charge in [0.15, 0.2) is 0 Å². The number of fused-ring (bicyclic) bond motifs is 12. The van der Waals surface area contributed by atoms with Gasteiger partial charge < -0.3 is 8.98 Å². The van der Waals surface area contributed by atoms with Crippen LogP contribution in [0.2, 0.25) is 0 Å². The van der Waals surface area contributed by atoms with Crippen molar-refractivity contribution in [3.05, 3.63) is 194 Å². The molecule has 0 aliphatic rings. The van der Waals surface area contributed by atoms with Crippen LogP contribution < -0.4 is 0 Å². The Morgan fingerprint density at radius 3 is 1.83 bits per heavy atom. The number of hydrogen-bond donors (Lipinski definition) is 0. The highest BCUT2D eigenvalue weighted by atomic mass is 16.3. The molecule has 13 aromatic rings. The highest BCUT2D eigenvalue weighted by Gasteiger charge is 2.22. The van der Waals surface area contributed by atoms with Gasteiger partial charge in [-0.15, -0.1) is 0 Å². The van der Waals surface area contributed by atoms with Crippen LogP contribution in [0.3, 0.4) is 0 Å². The van der Waals surface area contributed by atoms with E-state index in [1.165, 1.54) is 38.0 Å². The first-order valence-electron chi connectivity index (χ1n) is 20.0. The second-order valence-corrected chi connectivity index (χ2v) is 15.3. The summed E-state index contributed by atoms with van der Waals surface area (Å²) in [6.45, 7) is 0. The standard InChI is InChI=1S/C54H32N4O/c1-2-14-35(15-3-1)57-46-23-11-7-17-37(46)38-28-26-33(31-48(38)57)43-32-49-52(40-19-5-4-16-36(40)43)42-21-8-12-24-47(42)58(49)54-55-45-22-10-6-20-41(45)53(56-54)34-27-29-51-44(30-34)39-18-9-13-25-50(39)59-51/h1-32H. The van der Waals surface area contributed by atoms with Crippen molar-refractivity contribution < 1.29 is 4.42 Å². The zero-order valence-electron chi connectivity index (χ0n) is 31.7. The van der Waals surface area contributed by atoms with E-state index in [2.05, 4.69) is 191 Å². The lowest BCUT2D eigenvalue weighted by Crippen LogP contribution is -2.03. The molecule has 0 radical (unpaired) electrons. The Hall–Kier alpha value is -8.02. The van der Waals surface area contributed by atoms with Crippen molar-refractivity contribution >= 4 is 87.2 Å². The van der Waals surface area contributed by atoms with E-state index in [0.29, 0.717) is 5.95 Å². The molecule has 4 aromatic heterocycles. The second kappa shape index (κ2) is 12.2. The van der Waals surface area contributed by atoms with Gasteiger partial charge in [0.2, 0.25) is 5.95 Å². The van der Waals surface area contributed by atoms with Gasteiger partial charge in [-0.25, -0.2) is 9.97 Å². The maximum absolute atomic E-state index is 6.22. The minimum atomic E-state index is 0.628. The molecule has 0 aliphatic heterocycles. The Morgan fingerprint density at radius 2 is 0.983 bits per heavy atom. The summed E-state index contributed by atoms with van der Waals surface area (Å²) in [6, 6.07) is 69.1. The zero-order valence-corrected chi connectivity index (χ0v) is 31.7. The molecule has 0 saturated carbocycles. The van der Waals surface area contributed by atoms with Gasteiger partial charge in [0.05, 0.1) is 33.3 Å². The number of benzene rings is 9. The van der Waals surface area contributed by atoms with E-state index in [1.54, 1.807) is 0 Å². The van der Waals surface area contributed by atoms with Crippen LogP contribution in [0.4, 0.5) is 0 Å². The van der Waals surface area contributed by atoms with E-state index >= 15 is 0 Å². The van der Waals surface area contributed by atoms with Crippen LogP contribution in [0.25, 0.3) is 121 Å². The molecule has 4 heterocycles. The number of furan rings is 1. The lowest BCUT2D eigenvalue weighted by atomic mass is 9.94. The third kappa shape index (κ3) is 4.67. The van der Waals surface area contributed by atoms with Gasteiger partial charge in [-0.3, -0.25) is 4.57 Å². The van der Waals surface area contributed by atoms with Crippen LogP contribution in [0.5, 0.6) is 0 Å². The van der Waals surface area contributed by atoms with Crippen molar-refractivity contribution in [1.82, 2.24) is 19.1 Å². The molecule has 9 aromatic carbocycles. The van der Waals surface area contributed by atoms with Crippen molar-refractivity contribution in [1.29, 1.82) is 0 Å². The zero-order chi connectivity index (χ0) is 38.6. The first kappa shape index (κ1) is 32.1. The topological polar surface area (TPSA) is 48.8 Å². The Kier molecular flexibility index (Phi) is 6.66. The molecule has 0 saturated heterocycles. The summed E-state index contributed by atoms with van der Waals surface area (Å²) in [6.07, 6.45) is 0. The summed E-state index contributed by atoms with van der Waals surface area (Å²) in [4.78, 5) is 10.8. The first-order valence-corrected chi connectivity index (χ1v) is 20.0. The first-order chi connectivity index (χ1) is 29.3. The fraction of sp³-hybridized carbons (Fsp3) is 0. The lowest BCUT2D eigenvalue weighted by molar-refractivity contribution is 0.669. The lowest BCUT2D eigenvalue weighted by Gasteiger charge is -2.14. The van der Waals surface area contributed by atoms with E-state index in [9.17, 15) is 0 Å². The third-order valence-corrected chi connectivity index (χ3v) is 12.1. The van der Waals surface area contributed by atoms with Gasteiger partial charge in [0.25, 0.3) is 0 Å².